The molecule has 1 fully saturated rings. The van der Waals surface area contributed by atoms with E-state index in [1.807, 2.05) is 24.3 Å². The molecule has 0 radical (unpaired) electrons. The van der Waals surface area contributed by atoms with Crippen LogP contribution in [0.1, 0.15) is 12.8 Å². The minimum absolute atomic E-state index is 0.787. The summed E-state index contributed by atoms with van der Waals surface area (Å²) < 4.78 is 5.58. The molecule has 1 aromatic rings. The summed E-state index contributed by atoms with van der Waals surface area (Å²) in [7, 11) is 0. The van der Waals surface area contributed by atoms with Crippen molar-refractivity contribution in [2.75, 3.05) is 12.0 Å². The topological polar surface area (TPSA) is 47.3 Å². The summed E-state index contributed by atoms with van der Waals surface area (Å²) in [5.41, 5.74) is 3.47. The van der Waals surface area contributed by atoms with Gasteiger partial charge in [-0.3, -0.25) is 5.84 Å². The molecule has 13 heavy (non-hydrogen) atoms. The van der Waals surface area contributed by atoms with Gasteiger partial charge in [0.05, 0.1) is 12.3 Å². The zero-order chi connectivity index (χ0) is 9.10. The molecule has 1 aromatic carbocycles. The molecular formula is C10H14N2O. The number of rotatable bonds is 4. The largest absolute Gasteiger partial charge is 0.493 e. The Kier molecular flexibility index (Phi) is 2.36. The van der Waals surface area contributed by atoms with Gasteiger partial charge in [0, 0.05) is 6.07 Å². The van der Waals surface area contributed by atoms with Crippen LogP contribution < -0.4 is 16.0 Å². The van der Waals surface area contributed by atoms with Gasteiger partial charge in [0.25, 0.3) is 0 Å². The van der Waals surface area contributed by atoms with Crippen molar-refractivity contribution >= 4 is 5.69 Å². The van der Waals surface area contributed by atoms with Gasteiger partial charge in [-0.1, -0.05) is 6.07 Å². The van der Waals surface area contributed by atoms with Crippen LogP contribution >= 0.6 is 0 Å². The molecule has 0 unspecified atom stereocenters. The summed E-state index contributed by atoms with van der Waals surface area (Å²) in [6.45, 7) is 0.841. The number of anilines is 1. The number of nitrogen functional groups attached to an aromatic ring is 1. The zero-order valence-electron chi connectivity index (χ0n) is 7.49. The lowest BCUT2D eigenvalue weighted by Crippen LogP contribution is -2.07. The lowest BCUT2D eigenvalue weighted by molar-refractivity contribution is 0.300. The van der Waals surface area contributed by atoms with Crippen molar-refractivity contribution in [3.8, 4) is 5.75 Å². The molecule has 0 aromatic heterocycles. The molecule has 0 saturated heterocycles. The number of ether oxygens (including phenoxy) is 1. The molecule has 0 heterocycles. The van der Waals surface area contributed by atoms with Crippen molar-refractivity contribution in [2.24, 2.45) is 11.8 Å². The lowest BCUT2D eigenvalue weighted by atomic mass is 10.3. The number of benzene rings is 1. The van der Waals surface area contributed by atoms with Crippen molar-refractivity contribution in [3.05, 3.63) is 24.3 Å². The first kappa shape index (κ1) is 8.38. The van der Waals surface area contributed by atoms with Crippen LogP contribution in [0.5, 0.6) is 5.75 Å². The third kappa shape index (κ3) is 2.36. The van der Waals surface area contributed by atoms with Crippen LogP contribution in [0.4, 0.5) is 5.69 Å². The molecule has 0 bridgehead atoms. The quantitative estimate of drug-likeness (QED) is 0.545. The predicted octanol–water partition coefficient (Wildman–Crippen LogP) is 1.76. The summed E-state index contributed by atoms with van der Waals surface area (Å²) in [5.74, 6) is 6.96. The number of nitrogens with one attached hydrogen (secondary N) is 1. The van der Waals surface area contributed by atoms with Crippen LogP contribution in [-0.2, 0) is 0 Å². The van der Waals surface area contributed by atoms with Crippen LogP contribution in [0.2, 0.25) is 0 Å². The average Bonchev–Trinajstić information content (AvgIpc) is 2.99. The van der Waals surface area contributed by atoms with Gasteiger partial charge < -0.3 is 10.2 Å². The minimum atomic E-state index is 0.787. The van der Waals surface area contributed by atoms with Gasteiger partial charge in [-0.25, -0.2) is 0 Å². The monoisotopic (exact) mass is 178 g/mol. The normalized spacial score (nSPS) is 15.5. The summed E-state index contributed by atoms with van der Waals surface area (Å²) in [6.07, 6.45) is 2.63. The zero-order valence-corrected chi connectivity index (χ0v) is 7.49. The SMILES string of the molecule is NNc1cccc(OCC2CC2)c1. The van der Waals surface area contributed by atoms with Crippen LogP contribution in [0, 0.1) is 5.92 Å². The van der Waals surface area contributed by atoms with E-state index < -0.39 is 0 Å². The fourth-order valence-corrected chi connectivity index (χ4v) is 1.17. The van der Waals surface area contributed by atoms with E-state index in [2.05, 4.69) is 5.43 Å². The van der Waals surface area contributed by atoms with E-state index >= 15 is 0 Å². The van der Waals surface area contributed by atoms with Gasteiger partial charge in [0.1, 0.15) is 5.75 Å². The maximum Gasteiger partial charge on any atom is 0.121 e. The van der Waals surface area contributed by atoms with E-state index in [9.17, 15) is 0 Å². The van der Waals surface area contributed by atoms with E-state index in [-0.39, 0.29) is 0 Å². The average molecular weight is 178 g/mol. The van der Waals surface area contributed by atoms with Crippen LogP contribution in [-0.4, -0.2) is 6.61 Å². The lowest BCUT2D eigenvalue weighted by Gasteiger charge is -2.06. The molecule has 0 amide bonds. The molecule has 3 N–H and O–H groups in total. The highest BCUT2D eigenvalue weighted by atomic mass is 16.5. The first-order valence-electron chi connectivity index (χ1n) is 4.58. The maximum absolute atomic E-state index is 5.58. The second kappa shape index (κ2) is 3.66. The fourth-order valence-electron chi connectivity index (χ4n) is 1.17. The van der Waals surface area contributed by atoms with E-state index in [0.717, 1.165) is 24.0 Å². The number of hydrogen-bond donors (Lipinski definition) is 2. The Morgan fingerprint density at radius 1 is 1.46 bits per heavy atom. The molecule has 1 aliphatic rings. The van der Waals surface area contributed by atoms with Gasteiger partial charge in [-0.2, -0.15) is 0 Å². The van der Waals surface area contributed by atoms with Crippen molar-refractivity contribution in [1.29, 1.82) is 0 Å². The number of hydrazine groups is 1. The summed E-state index contributed by atoms with van der Waals surface area (Å²) in [4.78, 5) is 0. The van der Waals surface area contributed by atoms with Crippen molar-refractivity contribution < 1.29 is 4.74 Å². The Hall–Kier alpha value is -1.22. The van der Waals surface area contributed by atoms with Crippen LogP contribution in [0.3, 0.4) is 0 Å². The minimum Gasteiger partial charge on any atom is -0.493 e. The third-order valence-corrected chi connectivity index (χ3v) is 2.18. The summed E-state index contributed by atoms with van der Waals surface area (Å²) in [6, 6.07) is 7.69. The molecule has 2 rings (SSSR count). The number of hydrogen-bond acceptors (Lipinski definition) is 3. The van der Waals surface area contributed by atoms with Gasteiger partial charge in [0.2, 0.25) is 0 Å². The Balaban J connectivity index is 1.93. The van der Waals surface area contributed by atoms with Crippen molar-refractivity contribution in [1.82, 2.24) is 0 Å². The van der Waals surface area contributed by atoms with Gasteiger partial charge in [0.15, 0.2) is 0 Å². The van der Waals surface area contributed by atoms with Crippen molar-refractivity contribution in [2.45, 2.75) is 12.8 Å². The van der Waals surface area contributed by atoms with Gasteiger partial charge >= 0.3 is 0 Å². The highest BCUT2D eigenvalue weighted by Crippen LogP contribution is 2.29. The number of nitrogens with two attached hydrogens (primary N) is 1. The molecule has 70 valence electrons. The molecule has 0 spiro atoms. The Bertz CT molecular complexity index is 284. The van der Waals surface area contributed by atoms with Gasteiger partial charge in [-0.15, -0.1) is 0 Å². The first-order chi connectivity index (χ1) is 6.38. The first-order valence-corrected chi connectivity index (χ1v) is 4.58. The molecule has 0 atom stereocenters. The highest BCUT2D eigenvalue weighted by molar-refractivity contribution is 5.46. The Labute approximate surface area is 77.9 Å². The Morgan fingerprint density at radius 2 is 2.31 bits per heavy atom. The summed E-state index contributed by atoms with van der Waals surface area (Å²) >= 11 is 0. The third-order valence-electron chi connectivity index (χ3n) is 2.18. The van der Waals surface area contributed by atoms with Crippen LogP contribution in [0.15, 0.2) is 24.3 Å². The van der Waals surface area contributed by atoms with E-state index in [0.29, 0.717) is 0 Å². The second-order valence-corrected chi connectivity index (χ2v) is 3.43. The standard InChI is InChI=1S/C10H14N2O/c11-12-9-2-1-3-10(6-9)13-7-8-4-5-8/h1-3,6,8,12H,4-5,7,11H2. The Morgan fingerprint density at radius 3 is 3.00 bits per heavy atom. The smallest absolute Gasteiger partial charge is 0.121 e. The van der Waals surface area contributed by atoms with Crippen molar-refractivity contribution in [3.63, 3.8) is 0 Å². The molecule has 1 aliphatic carbocycles. The summed E-state index contributed by atoms with van der Waals surface area (Å²) in [5, 5.41) is 0. The molecule has 1 saturated carbocycles. The molecule has 0 aliphatic heterocycles. The van der Waals surface area contributed by atoms with Gasteiger partial charge in [-0.05, 0) is 30.9 Å². The van der Waals surface area contributed by atoms with E-state index in [4.69, 9.17) is 10.6 Å². The maximum atomic E-state index is 5.58. The molecule has 3 nitrogen and oxygen atoms in total. The predicted molar refractivity (Wildman–Crippen MR) is 52.5 cm³/mol. The van der Waals surface area contributed by atoms with E-state index in [1.165, 1.54) is 12.8 Å². The van der Waals surface area contributed by atoms with Crippen LogP contribution in [0.25, 0.3) is 0 Å². The molecular weight excluding hydrogens is 164 g/mol. The second-order valence-electron chi connectivity index (χ2n) is 3.43. The fraction of sp³-hybridized carbons (Fsp3) is 0.400. The molecule has 3 heteroatoms. The highest BCUT2D eigenvalue weighted by Gasteiger charge is 2.21. The van der Waals surface area contributed by atoms with E-state index in [1.54, 1.807) is 0 Å².